The van der Waals surface area contributed by atoms with Crippen molar-refractivity contribution in [1.82, 2.24) is 0 Å². The van der Waals surface area contributed by atoms with Crippen LogP contribution >= 0.6 is 7.60 Å². The van der Waals surface area contributed by atoms with E-state index in [9.17, 15) is 9.36 Å². The van der Waals surface area contributed by atoms with E-state index in [0.29, 0.717) is 19.4 Å². The summed E-state index contributed by atoms with van der Waals surface area (Å²) in [6.45, 7) is 6.37. The molecule has 0 atom stereocenters. The second kappa shape index (κ2) is 12.9. The van der Waals surface area contributed by atoms with Crippen molar-refractivity contribution < 1.29 is 23.9 Å². The van der Waals surface area contributed by atoms with Crippen LogP contribution in [0.5, 0.6) is 0 Å². The van der Waals surface area contributed by atoms with Gasteiger partial charge in [-0.25, -0.2) is 0 Å². The first-order valence-corrected chi connectivity index (χ1v) is 11.3. The minimum absolute atomic E-state index is 0.181. The average Bonchev–Trinajstić information content (AvgIpc) is 2.53. The number of carbonyl (C=O) groups excluding carboxylic acids is 1. The van der Waals surface area contributed by atoms with Gasteiger partial charge in [0, 0.05) is 0 Å². The average molecular weight is 364 g/mol. The lowest BCUT2D eigenvalue weighted by atomic mass is 9.80. The summed E-state index contributed by atoms with van der Waals surface area (Å²) in [5.74, 6) is -0.302. The molecule has 0 unspecified atom stereocenters. The SMILES string of the molecule is CCCCCCCCCCOC(=O)C(CC)(CC)CCP(=O)(O)O. The molecule has 0 heterocycles. The lowest BCUT2D eigenvalue weighted by Gasteiger charge is -2.29. The number of rotatable bonds is 15. The molecule has 0 aliphatic rings. The van der Waals surface area contributed by atoms with Crippen LogP contribution in [0.2, 0.25) is 0 Å². The lowest BCUT2D eigenvalue weighted by molar-refractivity contribution is -0.157. The molecule has 24 heavy (non-hydrogen) atoms. The Morgan fingerprint density at radius 3 is 1.88 bits per heavy atom. The zero-order chi connectivity index (χ0) is 18.5. The molecule has 2 N–H and O–H groups in total. The van der Waals surface area contributed by atoms with Crippen molar-refractivity contribution >= 4 is 13.6 Å². The fourth-order valence-corrected chi connectivity index (χ4v) is 3.63. The smallest absolute Gasteiger partial charge is 0.325 e. The van der Waals surface area contributed by atoms with Crippen molar-refractivity contribution in [3.8, 4) is 0 Å². The molecule has 0 saturated heterocycles. The maximum absolute atomic E-state index is 12.4. The van der Waals surface area contributed by atoms with Gasteiger partial charge in [0.25, 0.3) is 0 Å². The molecular formula is C18H37O5P. The predicted octanol–water partition coefficient (Wildman–Crippen LogP) is 5.04. The molecule has 0 aliphatic heterocycles. The second-order valence-electron chi connectivity index (χ2n) is 6.74. The number of ether oxygens (including phenoxy) is 1. The second-order valence-corrected chi connectivity index (χ2v) is 8.51. The monoisotopic (exact) mass is 364 g/mol. The highest BCUT2D eigenvalue weighted by atomic mass is 31.2. The van der Waals surface area contributed by atoms with E-state index in [2.05, 4.69) is 6.92 Å². The third kappa shape index (κ3) is 10.5. The highest BCUT2D eigenvalue weighted by Crippen LogP contribution is 2.42. The topological polar surface area (TPSA) is 83.8 Å². The minimum Gasteiger partial charge on any atom is -0.465 e. The number of hydrogen-bond acceptors (Lipinski definition) is 3. The predicted molar refractivity (Wildman–Crippen MR) is 98.1 cm³/mol. The van der Waals surface area contributed by atoms with Crippen molar-refractivity contribution in [1.29, 1.82) is 0 Å². The molecule has 0 bridgehead atoms. The van der Waals surface area contributed by atoms with Crippen molar-refractivity contribution in [3.63, 3.8) is 0 Å². The Balaban J connectivity index is 4.05. The van der Waals surface area contributed by atoms with E-state index in [1.54, 1.807) is 0 Å². The molecule has 144 valence electrons. The molecule has 5 nitrogen and oxygen atoms in total. The summed E-state index contributed by atoms with van der Waals surface area (Å²) in [7, 11) is -4.09. The molecule has 0 amide bonds. The van der Waals surface area contributed by atoms with Crippen molar-refractivity contribution in [2.45, 2.75) is 91.4 Å². The fourth-order valence-electron chi connectivity index (χ4n) is 2.91. The molecule has 6 heteroatoms. The van der Waals surface area contributed by atoms with E-state index in [4.69, 9.17) is 14.5 Å². The Kier molecular flexibility index (Phi) is 12.7. The van der Waals surface area contributed by atoms with E-state index in [-0.39, 0.29) is 18.6 Å². The Hall–Kier alpha value is -0.380. The van der Waals surface area contributed by atoms with E-state index < -0.39 is 13.0 Å². The zero-order valence-corrected chi connectivity index (χ0v) is 16.7. The summed E-state index contributed by atoms with van der Waals surface area (Å²) >= 11 is 0. The normalized spacial score (nSPS) is 12.4. The quantitative estimate of drug-likeness (QED) is 0.241. The van der Waals surface area contributed by atoms with Crippen LogP contribution in [-0.4, -0.2) is 28.5 Å². The van der Waals surface area contributed by atoms with Gasteiger partial charge in [-0.05, 0) is 25.7 Å². The first-order chi connectivity index (χ1) is 11.3. The fraction of sp³-hybridized carbons (Fsp3) is 0.944. The van der Waals surface area contributed by atoms with E-state index in [1.165, 1.54) is 38.5 Å². The first kappa shape index (κ1) is 23.6. The largest absolute Gasteiger partial charge is 0.465 e. The molecule has 0 aliphatic carbocycles. The molecule has 0 rings (SSSR count). The molecular weight excluding hydrogens is 327 g/mol. The van der Waals surface area contributed by atoms with Crippen LogP contribution < -0.4 is 0 Å². The van der Waals surface area contributed by atoms with Gasteiger partial charge in [0.15, 0.2) is 0 Å². The van der Waals surface area contributed by atoms with Gasteiger partial charge in [-0.15, -0.1) is 0 Å². The maximum atomic E-state index is 12.4. The summed E-state index contributed by atoms with van der Waals surface area (Å²) in [6.07, 6.45) is 10.5. The third-order valence-corrected chi connectivity index (χ3v) is 5.71. The Morgan fingerprint density at radius 1 is 0.917 bits per heavy atom. The van der Waals surface area contributed by atoms with E-state index in [1.807, 2.05) is 13.8 Å². The Labute approximate surface area is 147 Å². The standard InChI is InChI=1S/C18H37O5P/c1-4-7-8-9-10-11-12-13-15-23-17(19)18(5-2,6-3)14-16-24(20,21)22/h4-16H2,1-3H3,(H2,20,21,22). The summed E-state index contributed by atoms with van der Waals surface area (Å²) in [5, 5.41) is 0. The van der Waals surface area contributed by atoms with Crippen molar-refractivity contribution in [3.05, 3.63) is 0 Å². The van der Waals surface area contributed by atoms with Crippen LogP contribution in [0.15, 0.2) is 0 Å². The van der Waals surface area contributed by atoms with Gasteiger partial charge in [-0.1, -0.05) is 65.7 Å². The maximum Gasteiger partial charge on any atom is 0.325 e. The van der Waals surface area contributed by atoms with Crippen LogP contribution in [0.4, 0.5) is 0 Å². The molecule has 0 radical (unpaired) electrons. The van der Waals surface area contributed by atoms with Crippen molar-refractivity contribution in [2.75, 3.05) is 12.8 Å². The van der Waals surface area contributed by atoms with Gasteiger partial charge < -0.3 is 14.5 Å². The van der Waals surface area contributed by atoms with Gasteiger partial charge in [0.1, 0.15) is 0 Å². The van der Waals surface area contributed by atoms with Crippen LogP contribution in [-0.2, 0) is 14.1 Å². The highest BCUT2D eigenvalue weighted by molar-refractivity contribution is 7.51. The minimum atomic E-state index is -4.09. The Morgan fingerprint density at radius 2 is 1.42 bits per heavy atom. The highest BCUT2D eigenvalue weighted by Gasteiger charge is 2.38. The van der Waals surface area contributed by atoms with E-state index in [0.717, 1.165) is 12.8 Å². The first-order valence-electron chi connectivity index (χ1n) is 9.53. The number of esters is 1. The van der Waals surface area contributed by atoms with Crippen LogP contribution in [0, 0.1) is 5.41 Å². The summed E-state index contributed by atoms with van der Waals surface area (Å²) in [6, 6.07) is 0. The van der Waals surface area contributed by atoms with Crippen LogP contribution in [0.25, 0.3) is 0 Å². The number of hydrogen-bond donors (Lipinski definition) is 2. The van der Waals surface area contributed by atoms with Crippen molar-refractivity contribution in [2.24, 2.45) is 5.41 Å². The number of carbonyl (C=O) groups is 1. The van der Waals surface area contributed by atoms with Gasteiger partial charge in [-0.3, -0.25) is 9.36 Å². The van der Waals surface area contributed by atoms with Gasteiger partial charge in [-0.2, -0.15) is 0 Å². The molecule has 0 spiro atoms. The van der Waals surface area contributed by atoms with Gasteiger partial charge in [0.05, 0.1) is 18.2 Å². The zero-order valence-electron chi connectivity index (χ0n) is 15.8. The summed E-state index contributed by atoms with van der Waals surface area (Å²) < 4.78 is 16.5. The molecule has 0 saturated carbocycles. The third-order valence-electron chi connectivity index (χ3n) is 4.90. The lowest BCUT2D eigenvalue weighted by Crippen LogP contribution is -2.33. The number of unbranched alkanes of at least 4 members (excludes halogenated alkanes) is 7. The molecule has 0 aromatic carbocycles. The molecule has 0 aromatic heterocycles. The molecule has 0 aromatic rings. The van der Waals surface area contributed by atoms with Crippen LogP contribution in [0.3, 0.4) is 0 Å². The summed E-state index contributed by atoms with van der Waals surface area (Å²) in [4.78, 5) is 30.5. The molecule has 0 fully saturated rings. The van der Waals surface area contributed by atoms with E-state index >= 15 is 0 Å². The van der Waals surface area contributed by atoms with Crippen LogP contribution in [0.1, 0.15) is 91.4 Å². The van der Waals surface area contributed by atoms with Gasteiger partial charge >= 0.3 is 13.6 Å². The van der Waals surface area contributed by atoms with Gasteiger partial charge in [0.2, 0.25) is 0 Å². The Bertz CT molecular complexity index is 374. The summed E-state index contributed by atoms with van der Waals surface area (Å²) in [5.41, 5.74) is -0.763.